The van der Waals surface area contributed by atoms with Gasteiger partial charge in [0.25, 0.3) is 0 Å². The lowest BCUT2D eigenvalue weighted by Gasteiger charge is -2.32. The van der Waals surface area contributed by atoms with Gasteiger partial charge in [-0.3, -0.25) is 4.90 Å². The molecule has 1 saturated heterocycles. The number of hydrogen-bond acceptors (Lipinski definition) is 2. The Balaban J connectivity index is 1.50. The third-order valence-electron chi connectivity index (χ3n) is 5.91. The summed E-state index contributed by atoms with van der Waals surface area (Å²) in [7, 11) is 0. The van der Waals surface area contributed by atoms with Gasteiger partial charge in [0.1, 0.15) is 0 Å². The van der Waals surface area contributed by atoms with Crippen molar-refractivity contribution in [3.8, 4) is 0 Å². The summed E-state index contributed by atoms with van der Waals surface area (Å²) in [6, 6.07) is 2.51. The Morgan fingerprint density at radius 3 is 2.50 bits per heavy atom. The van der Waals surface area contributed by atoms with Crippen LogP contribution in [0.15, 0.2) is 0 Å². The molecule has 0 aromatic rings. The van der Waals surface area contributed by atoms with E-state index < -0.39 is 0 Å². The lowest BCUT2D eigenvalue weighted by molar-refractivity contribution is 0.212. The summed E-state index contributed by atoms with van der Waals surface area (Å²) >= 11 is 0. The van der Waals surface area contributed by atoms with Gasteiger partial charge in [0.05, 0.1) is 0 Å². The third-order valence-corrected chi connectivity index (χ3v) is 5.91. The average molecular weight is 278 g/mol. The van der Waals surface area contributed by atoms with E-state index in [1.807, 2.05) is 0 Å². The summed E-state index contributed by atoms with van der Waals surface area (Å²) in [6.45, 7) is 9.81. The molecule has 116 valence electrons. The Hall–Kier alpha value is -0.0800. The molecule has 0 amide bonds. The molecule has 1 N–H and O–H groups in total. The van der Waals surface area contributed by atoms with Crippen LogP contribution in [-0.4, -0.2) is 36.1 Å². The van der Waals surface area contributed by atoms with Crippen LogP contribution >= 0.6 is 0 Å². The van der Waals surface area contributed by atoms with E-state index in [0.29, 0.717) is 5.41 Å². The van der Waals surface area contributed by atoms with Crippen LogP contribution in [0.3, 0.4) is 0 Å². The zero-order valence-corrected chi connectivity index (χ0v) is 13.8. The lowest BCUT2D eigenvalue weighted by atomic mass is 9.78. The van der Waals surface area contributed by atoms with Gasteiger partial charge in [0, 0.05) is 31.2 Å². The molecule has 3 rings (SSSR count). The Kier molecular flexibility index (Phi) is 4.42. The molecular weight excluding hydrogens is 244 g/mol. The molecule has 1 aliphatic heterocycles. The van der Waals surface area contributed by atoms with Crippen LogP contribution in [0.5, 0.6) is 0 Å². The third kappa shape index (κ3) is 3.39. The standard InChI is InChI=1S/C18H34N2/c1-14(2)11-18(8-4-5-9-18)13-19-16-10-15(3)20(12-16)17-6-7-17/h14-17,19H,4-13H2,1-3H3. The summed E-state index contributed by atoms with van der Waals surface area (Å²) < 4.78 is 0. The minimum atomic E-state index is 0.629. The van der Waals surface area contributed by atoms with E-state index in [0.717, 1.165) is 24.0 Å². The second-order valence-corrected chi connectivity index (χ2v) is 8.40. The highest BCUT2D eigenvalue weighted by molar-refractivity contribution is 4.97. The van der Waals surface area contributed by atoms with Gasteiger partial charge in [0.2, 0.25) is 0 Å². The van der Waals surface area contributed by atoms with Crippen molar-refractivity contribution >= 4 is 0 Å². The molecule has 2 heteroatoms. The number of hydrogen-bond donors (Lipinski definition) is 1. The minimum Gasteiger partial charge on any atom is -0.312 e. The maximum absolute atomic E-state index is 3.97. The van der Waals surface area contributed by atoms with E-state index in [-0.39, 0.29) is 0 Å². The highest BCUT2D eigenvalue weighted by Crippen LogP contribution is 2.43. The SMILES string of the molecule is CC(C)CC1(CNC2CC(C)N(C3CC3)C2)CCCC1. The summed E-state index contributed by atoms with van der Waals surface area (Å²) in [5.41, 5.74) is 0.629. The second kappa shape index (κ2) is 5.96. The van der Waals surface area contributed by atoms with Crippen molar-refractivity contribution in [3.05, 3.63) is 0 Å². The van der Waals surface area contributed by atoms with Crippen molar-refractivity contribution in [2.45, 2.75) is 90.3 Å². The maximum Gasteiger partial charge on any atom is 0.0210 e. The summed E-state index contributed by atoms with van der Waals surface area (Å²) in [5.74, 6) is 0.848. The molecule has 3 fully saturated rings. The molecule has 2 aliphatic carbocycles. The topological polar surface area (TPSA) is 15.3 Å². The van der Waals surface area contributed by atoms with E-state index in [2.05, 4.69) is 31.0 Å². The van der Waals surface area contributed by atoms with E-state index in [9.17, 15) is 0 Å². The van der Waals surface area contributed by atoms with Gasteiger partial charge in [-0.15, -0.1) is 0 Å². The molecule has 0 aromatic heterocycles. The van der Waals surface area contributed by atoms with E-state index in [4.69, 9.17) is 0 Å². The first-order valence-electron chi connectivity index (χ1n) is 9.07. The van der Waals surface area contributed by atoms with Crippen LogP contribution in [-0.2, 0) is 0 Å². The molecule has 2 atom stereocenters. The number of nitrogens with zero attached hydrogens (tertiary/aromatic N) is 1. The van der Waals surface area contributed by atoms with Gasteiger partial charge < -0.3 is 5.32 Å². The molecule has 0 radical (unpaired) electrons. The Morgan fingerprint density at radius 2 is 1.90 bits per heavy atom. The molecule has 20 heavy (non-hydrogen) atoms. The van der Waals surface area contributed by atoms with Crippen LogP contribution in [0.4, 0.5) is 0 Å². The van der Waals surface area contributed by atoms with Crippen LogP contribution in [0.25, 0.3) is 0 Å². The fourth-order valence-corrected chi connectivity index (χ4v) is 4.92. The Morgan fingerprint density at radius 1 is 1.20 bits per heavy atom. The average Bonchev–Trinajstić information content (AvgIpc) is 3.01. The van der Waals surface area contributed by atoms with Gasteiger partial charge >= 0.3 is 0 Å². The second-order valence-electron chi connectivity index (χ2n) is 8.40. The fourth-order valence-electron chi connectivity index (χ4n) is 4.92. The summed E-state index contributed by atoms with van der Waals surface area (Å²) in [5, 5.41) is 3.97. The Bertz CT molecular complexity index is 315. The lowest BCUT2D eigenvalue weighted by Crippen LogP contribution is -2.41. The summed E-state index contributed by atoms with van der Waals surface area (Å²) in [4.78, 5) is 2.77. The molecule has 2 nitrogen and oxygen atoms in total. The fraction of sp³-hybridized carbons (Fsp3) is 1.00. The highest BCUT2D eigenvalue weighted by Gasteiger charge is 2.40. The first-order valence-corrected chi connectivity index (χ1v) is 9.07. The normalized spacial score (nSPS) is 34.2. The molecule has 2 saturated carbocycles. The monoisotopic (exact) mass is 278 g/mol. The first-order chi connectivity index (χ1) is 9.58. The van der Waals surface area contributed by atoms with E-state index >= 15 is 0 Å². The first kappa shape index (κ1) is 14.8. The zero-order valence-electron chi connectivity index (χ0n) is 13.8. The maximum atomic E-state index is 3.97. The molecule has 0 spiro atoms. The zero-order chi connectivity index (χ0) is 14.2. The molecule has 0 bridgehead atoms. The quantitative estimate of drug-likeness (QED) is 0.795. The molecule has 1 heterocycles. The van der Waals surface area contributed by atoms with Gasteiger partial charge in [-0.25, -0.2) is 0 Å². The van der Waals surface area contributed by atoms with E-state index in [1.54, 1.807) is 0 Å². The molecule has 3 aliphatic rings. The number of rotatable bonds is 6. The van der Waals surface area contributed by atoms with Crippen LogP contribution in [0.1, 0.15) is 72.1 Å². The van der Waals surface area contributed by atoms with Crippen molar-refractivity contribution in [1.29, 1.82) is 0 Å². The number of likely N-dealkylation sites (tertiary alicyclic amines) is 1. The van der Waals surface area contributed by atoms with Gasteiger partial charge in [0.15, 0.2) is 0 Å². The van der Waals surface area contributed by atoms with Crippen molar-refractivity contribution in [2.24, 2.45) is 11.3 Å². The Labute approximate surface area is 125 Å². The highest BCUT2D eigenvalue weighted by atomic mass is 15.3. The molecule has 0 aromatic carbocycles. The summed E-state index contributed by atoms with van der Waals surface area (Å²) in [6.07, 6.45) is 11.6. The van der Waals surface area contributed by atoms with Gasteiger partial charge in [-0.2, -0.15) is 0 Å². The predicted octanol–water partition coefficient (Wildman–Crippen LogP) is 3.81. The largest absolute Gasteiger partial charge is 0.312 e. The van der Waals surface area contributed by atoms with Gasteiger partial charge in [-0.1, -0.05) is 26.7 Å². The van der Waals surface area contributed by atoms with Crippen LogP contribution < -0.4 is 5.32 Å². The van der Waals surface area contributed by atoms with Crippen molar-refractivity contribution in [3.63, 3.8) is 0 Å². The molecular formula is C18H34N2. The smallest absolute Gasteiger partial charge is 0.0210 e. The van der Waals surface area contributed by atoms with Crippen molar-refractivity contribution in [2.75, 3.05) is 13.1 Å². The predicted molar refractivity (Wildman–Crippen MR) is 86.0 cm³/mol. The van der Waals surface area contributed by atoms with E-state index in [1.165, 1.54) is 64.5 Å². The van der Waals surface area contributed by atoms with Gasteiger partial charge in [-0.05, 0) is 56.8 Å². The molecule has 2 unspecified atom stereocenters. The van der Waals surface area contributed by atoms with Crippen molar-refractivity contribution < 1.29 is 0 Å². The van der Waals surface area contributed by atoms with Crippen LogP contribution in [0.2, 0.25) is 0 Å². The minimum absolute atomic E-state index is 0.629. The van der Waals surface area contributed by atoms with Crippen LogP contribution in [0, 0.1) is 11.3 Å². The van der Waals surface area contributed by atoms with Crippen molar-refractivity contribution in [1.82, 2.24) is 10.2 Å². The number of nitrogens with one attached hydrogen (secondary N) is 1.